The van der Waals surface area contributed by atoms with Crippen LogP contribution < -0.4 is 5.73 Å². The molecule has 0 radical (unpaired) electrons. The van der Waals surface area contributed by atoms with Crippen LogP contribution in [-0.2, 0) is 16.1 Å². The second-order valence-electron chi connectivity index (χ2n) is 4.56. The Hall–Kier alpha value is -1.55. The molecule has 3 rings (SSSR count). The second kappa shape index (κ2) is 3.47. The van der Waals surface area contributed by atoms with Gasteiger partial charge in [0.1, 0.15) is 0 Å². The first-order valence-electron chi connectivity index (χ1n) is 5.47. The Morgan fingerprint density at radius 1 is 1.29 bits per heavy atom. The van der Waals surface area contributed by atoms with E-state index in [9.17, 15) is 9.59 Å². The zero-order valence-corrected chi connectivity index (χ0v) is 9.78. The standard InChI is InChI=1S/C12H11ClN2O2/c13-10-2-1-7(14)3-6(10)5-15-11(16)8-4-9(8)12(15)17/h1-3,8-9H,4-5,14H2. The molecule has 1 aliphatic carbocycles. The lowest BCUT2D eigenvalue weighted by Crippen LogP contribution is -2.32. The monoisotopic (exact) mass is 250 g/mol. The molecule has 2 amide bonds. The Morgan fingerprint density at radius 2 is 1.94 bits per heavy atom. The number of halogens is 1. The summed E-state index contributed by atoms with van der Waals surface area (Å²) in [6.07, 6.45) is 0.721. The third-order valence-corrected chi connectivity index (χ3v) is 3.72. The number of anilines is 1. The molecule has 1 aromatic rings. The van der Waals surface area contributed by atoms with E-state index in [1.54, 1.807) is 18.2 Å². The molecule has 2 aliphatic rings. The molecular formula is C12H11ClN2O2. The molecule has 0 spiro atoms. The van der Waals surface area contributed by atoms with Crippen molar-refractivity contribution in [1.29, 1.82) is 0 Å². The number of benzene rings is 1. The SMILES string of the molecule is Nc1ccc(Cl)c(CN2C(=O)C3CC3C2=O)c1. The number of amides is 2. The zero-order valence-electron chi connectivity index (χ0n) is 9.02. The number of rotatable bonds is 2. The highest BCUT2D eigenvalue weighted by Gasteiger charge is 2.58. The highest BCUT2D eigenvalue weighted by Crippen LogP contribution is 2.47. The average molecular weight is 251 g/mol. The smallest absolute Gasteiger partial charge is 0.233 e. The summed E-state index contributed by atoms with van der Waals surface area (Å²) in [4.78, 5) is 24.9. The van der Waals surface area contributed by atoms with E-state index in [4.69, 9.17) is 17.3 Å². The fourth-order valence-electron chi connectivity index (χ4n) is 2.29. The Bertz CT molecular complexity index is 509. The number of nitrogen functional groups attached to an aromatic ring is 1. The van der Waals surface area contributed by atoms with Gasteiger partial charge in [-0.05, 0) is 30.2 Å². The minimum Gasteiger partial charge on any atom is -0.399 e. The van der Waals surface area contributed by atoms with Gasteiger partial charge in [0.2, 0.25) is 11.8 Å². The lowest BCUT2D eigenvalue weighted by molar-refractivity contribution is -0.142. The Labute approximate surface area is 103 Å². The number of carbonyl (C=O) groups excluding carboxylic acids is 2. The van der Waals surface area contributed by atoms with E-state index in [-0.39, 0.29) is 30.2 Å². The summed E-state index contributed by atoms with van der Waals surface area (Å²) >= 11 is 6.01. The maximum Gasteiger partial charge on any atom is 0.233 e. The highest BCUT2D eigenvalue weighted by atomic mass is 35.5. The van der Waals surface area contributed by atoms with Crippen molar-refractivity contribution < 1.29 is 9.59 Å². The number of hydrogen-bond acceptors (Lipinski definition) is 3. The van der Waals surface area contributed by atoms with Gasteiger partial charge in [0.05, 0.1) is 18.4 Å². The molecule has 1 saturated carbocycles. The van der Waals surface area contributed by atoms with Crippen LogP contribution in [0.4, 0.5) is 5.69 Å². The summed E-state index contributed by atoms with van der Waals surface area (Å²) in [6, 6.07) is 5.07. The van der Waals surface area contributed by atoms with E-state index in [1.165, 1.54) is 4.90 Å². The molecule has 2 atom stereocenters. The summed E-state index contributed by atoms with van der Waals surface area (Å²) in [6.45, 7) is 0.231. The zero-order chi connectivity index (χ0) is 12.2. The summed E-state index contributed by atoms with van der Waals surface area (Å²) in [5.41, 5.74) is 6.95. The van der Waals surface area contributed by atoms with Gasteiger partial charge in [-0.3, -0.25) is 14.5 Å². The van der Waals surface area contributed by atoms with Crippen LogP contribution >= 0.6 is 11.6 Å². The molecule has 0 aromatic heterocycles. The largest absolute Gasteiger partial charge is 0.399 e. The number of carbonyl (C=O) groups is 2. The summed E-state index contributed by atoms with van der Waals surface area (Å²) < 4.78 is 0. The van der Waals surface area contributed by atoms with Crippen LogP contribution in [-0.4, -0.2) is 16.7 Å². The molecule has 2 unspecified atom stereocenters. The summed E-state index contributed by atoms with van der Waals surface area (Å²) in [7, 11) is 0. The van der Waals surface area contributed by atoms with Crippen LogP contribution in [0.1, 0.15) is 12.0 Å². The maximum atomic E-state index is 11.8. The quantitative estimate of drug-likeness (QED) is 0.638. The van der Waals surface area contributed by atoms with Gasteiger partial charge in [-0.25, -0.2) is 0 Å². The summed E-state index contributed by atoms with van der Waals surface area (Å²) in [5.74, 6) is -0.276. The van der Waals surface area contributed by atoms with E-state index in [1.807, 2.05) is 0 Å². The number of imide groups is 1. The Morgan fingerprint density at radius 3 is 2.59 bits per heavy atom. The number of hydrogen-bond donors (Lipinski definition) is 1. The van der Waals surface area contributed by atoms with Crippen LogP contribution in [0.3, 0.4) is 0 Å². The number of likely N-dealkylation sites (tertiary alicyclic amines) is 1. The molecular weight excluding hydrogens is 240 g/mol. The van der Waals surface area contributed by atoms with Crippen molar-refractivity contribution in [2.45, 2.75) is 13.0 Å². The second-order valence-corrected chi connectivity index (χ2v) is 4.97. The lowest BCUT2D eigenvalue weighted by atomic mass is 10.2. The highest BCUT2D eigenvalue weighted by molar-refractivity contribution is 6.31. The van der Waals surface area contributed by atoms with E-state index in [2.05, 4.69) is 0 Å². The van der Waals surface area contributed by atoms with Gasteiger partial charge < -0.3 is 5.73 Å². The molecule has 4 nitrogen and oxygen atoms in total. The predicted octanol–water partition coefficient (Wildman–Crippen LogP) is 1.43. The molecule has 88 valence electrons. The third kappa shape index (κ3) is 1.60. The number of piperidine rings is 1. The van der Waals surface area contributed by atoms with Crippen molar-refractivity contribution in [2.24, 2.45) is 11.8 Å². The van der Waals surface area contributed by atoms with E-state index in [0.29, 0.717) is 10.7 Å². The molecule has 1 heterocycles. The molecule has 5 heteroatoms. The first-order chi connectivity index (χ1) is 8.08. The normalized spacial score (nSPS) is 26.3. The Kier molecular flexibility index (Phi) is 2.16. The third-order valence-electron chi connectivity index (χ3n) is 3.36. The van der Waals surface area contributed by atoms with Gasteiger partial charge in [-0.15, -0.1) is 0 Å². The molecule has 2 N–H and O–H groups in total. The molecule has 17 heavy (non-hydrogen) atoms. The van der Waals surface area contributed by atoms with Crippen LogP contribution in [0.5, 0.6) is 0 Å². The molecule has 1 aliphatic heterocycles. The maximum absolute atomic E-state index is 11.8. The molecule has 1 saturated heterocycles. The van der Waals surface area contributed by atoms with Crippen molar-refractivity contribution in [3.8, 4) is 0 Å². The van der Waals surface area contributed by atoms with Crippen LogP contribution in [0.15, 0.2) is 18.2 Å². The van der Waals surface area contributed by atoms with Crippen molar-refractivity contribution in [2.75, 3.05) is 5.73 Å². The van der Waals surface area contributed by atoms with Crippen molar-refractivity contribution in [3.63, 3.8) is 0 Å². The van der Waals surface area contributed by atoms with Gasteiger partial charge in [0, 0.05) is 10.7 Å². The number of fused-ring (bicyclic) bond motifs is 1. The summed E-state index contributed by atoms with van der Waals surface area (Å²) in [5, 5.41) is 0.528. The fourth-order valence-corrected chi connectivity index (χ4v) is 2.47. The molecule has 2 fully saturated rings. The topological polar surface area (TPSA) is 63.4 Å². The van der Waals surface area contributed by atoms with Gasteiger partial charge in [-0.1, -0.05) is 11.6 Å². The minimum absolute atomic E-state index is 0.0673. The minimum atomic E-state index is -0.0708. The first kappa shape index (κ1) is 10.6. The van der Waals surface area contributed by atoms with Crippen LogP contribution in [0, 0.1) is 11.8 Å². The van der Waals surface area contributed by atoms with Crippen molar-refractivity contribution in [1.82, 2.24) is 4.90 Å². The number of nitrogens with zero attached hydrogens (tertiary/aromatic N) is 1. The van der Waals surface area contributed by atoms with Crippen LogP contribution in [0.2, 0.25) is 5.02 Å². The lowest BCUT2D eigenvalue weighted by Gasteiger charge is -2.17. The van der Waals surface area contributed by atoms with E-state index < -0.39 is 0 Å². The fraction of sp³-hybridized carbons (Fsp3) is 0.333. The van der Waals surface area contributed by atoms with Gasteiger partial charge >= 0.3 is 0 Å². The Balaban J connectivity index is 1.85. The van der Waals surface area contributed by atoms with E-state index in [0.717, 1.165) is 12.0 Å². The van der Waals surface area contributed by atoms with Gasteiger partial charge in [-0.2, -0.15) is 0 Å². The van der Waals surface area contributed by atoms with Crippen molar-refractivity contribution >= 4 is 29.1 Å². The van der Waals surface area contributed by atoms with Crippen LogP contribution in [0.25, 0.3) is 0 Å². The van der Waals surface area contributed by atoms with Gasteiger partial charge in [0.15, 0.2) is 0 Å². The van der Waals surface area contributed by atoms with Crippen molar-refractivity contribution in [3.05, 3.63) is 28.8 Å². The molecule has 1 aromatic carbocycles. The van der Waals surface area contributed by atoms with E-state index >= 15 is 0 Å². The van der Waals surface area contributed by atoms with Gasteiger partial charge in [0.25, 0.3) is 0 Å². The first-order valence-corrected chi connectivity index (χ1v) is 5.85. The average Bonchev–Trinajstić information content (AvgIpc) is 3.04. The predicted molar refractivity (Wildman–Crippen MR) is 63.0 cm³/mol. The number of nitrogens with two attached hydrogens (primary N) is 1. The molecule has 0 bridgehead atoms.